The Kier molecular flexibility index (Phi) is 8.82. The SMILES string of the molecule is CCOc1cc(C)ccc1CNC(=NC)NCCNC(=O)c1ccc(OC)cc1. The topological polar surface area (TPSA) is 84.0 Å². The number of rotatable bonds is 9. The predicted octanol–water partition coefficient (Wildman–Crippen LogP) is 2.50. The van der Waals surface area contributed by atoms with E-state index in [9.17, 15) is 4.79 Å². The van der Waals surface area contributed by atoms with E-state index in [0.29, 0.717) is 37.8 Å². The van der Waals surface area contributed by atoms with Crippen molar-refractivity contribution in [3.63, 3.8) is 0 Å². The molecule has 2 rings (SSSR count). The van der Waals surface area contributed by atoms with Crippen LogP contribution in [0.1, 0.15) is 28.4 Å². The molecule has 0 spiro atoms. The van der Waals surface area contributed by atoms with Crippen LogP contribution >= 0.6 is 0 Å². The molecule has 0 fully saturated rings. The third-order valence-electron chi connectivity index (χ3n) is 4.25. The Morgan fingerprint density at radius 1 is 1.03 bits per heavy atom. The molecule has 1 amide bonds. The van der Waals surface area contributed by atoms with Gasteiger partial charge in [-0.3, -0.25) is 9.79 Å². The van der Waals surface area contributed by atoms with E-state index in [4.69, 9.17) is 9.47 Å². The average Bonchev–Trinajstić information content (AvgIpc) is 2.74. The number of guanidine groups is 1. The van der Waals surface area contributed by atoms with Crippen LogP contribution in [0.15, 0.2) is 47.5 Å². The fourth-order valence-corrected chi connectivity index (χ4v) is 2.70. The summed E-state index contributed by atoms with van der Waals surface area (Å²) in [6, 6.07) is 13.1. The summed E-state index contributed by atoms with van der Waals surface area (Å²) >= 11 is 0. The summed E-state index contributed by atoms with van der Waals surface area (Å²) in [5.41, 5.74) is 2.82. The van der Waals surface area contributed by atoms with E-state index >= 15 is 0 Å². The lowest BCUT2D eigenvalue weighted by atomic mass is 10.1. The van der Waals surface area contributed by atoms with Gasteiger partial charge in [-0.25, -0.2) is 0 Å². The van der Waals surface area contributed by atoms with Crippen LogP contribution in [0.25, 0.3) is 0 Å². The van der Waals surface area contributed by atoms with E-state index in [-0.39, 0.29) is 5.91 Å². The Morgan fingerprint density at radius 3 is 2.41 bits per heavy atom. The van der Waals surface area contributed by atoms with E-state index in [0.717, 1.165) is 22.6 Å². The molecule has 0 aromatic heterocycles. The number of ether oxygens (including phenoxy) is 2. The van der Waals surface area contributed by atoms with Crippen LogP contribution in [0.3, 0.4) is 0 Å². The molecule has 3 N–H and O–H groups in total. The van der Waals surface area contributed by atoms with Gasteiger partial charge in [0.1, 0.15) is 11.5 Å². The van der Waals surface area contributed by atoms with Crippen molar-refractivity contribution in [1.82, 2.24) is 16.0 Å². The van der Waals surface area contributed by atoms with E-state index in [2.05, 4.69) is 33.1 Å². The van der Waals surface area contributed by atoms with E-state index in [1.807, 2.05) is 19.9 Å². The minimum atomic E-state index is -0.126. The molecule has 7 heteroatoms. The van der Waals surface area contributed by atoms with Crippen LogP contribution < -0.4 is 25.4 Å². The molecule has 0 heterocycles. The molecule has 0 saturated carbocycles. The van der Waals surface area contributed by atoms with Gasteiger partial charge in [-0.05, 0) is 49.7 Å². The van der Waals surface area contributed by atoms with Gasteiger partial charge in [-0.15, -0.1) is 0 Å². The maximum Gasteiger partial charge on any atom is 0.251 e. The van der Waals surface area contributed by atoms with Gasteiger partial charge in [-0.2, -0.15) is 0 Å². The normalized spacial score (nSPS) is 11.0. The highest BCUT2D eigenvalue weighted by Crippen LogP contribution is 2.20. The number of methoxy groups -OCH3 is 1. The van der Waals surface area contributed by atoms with Crippen LogP contribution in [-0.4, -0.2) is 45.7 Å². The highest BCUT2D eigenvalue weighted by Gasteiger charge is 2.07. The number of aryl methyl sites for hydroxylation is 1. The zero-order valence-corrected chi connectivity index (χ0v) is 17.5. The van der Waals surface area contributed by atoms with Gasteiger partial charge in [0.2, 0.25) is 0 Å². The smallest absolute Gasteiger partial charge is 0.251 e. The summed E-state index contributed by atoms with van der Waals surface area (Å²) in [5.74, 6) is 2.13. The highest BCUT2D eigenvalue weighted by molar-refractivity contribution is 5.94. The van der Waals surface area contributed by atoms with Gasteiger partial charge in [0.15, 0.2) is 5.96 Å². The Balaban J connectivity index is 1.77. The number of hydrogen-bond donors (Lipinski definition) is 3. The third-order valence-corrected chi connectivity index (χ3v) is 4.25. The van der Waals surface area contributed by atoms with Crippen LogP contribution in [0.4, 0.5) is 0 Å². The van der Waals surface area contributed by atoms with Crippen molar-refractivity contribution in [2.24, 2.45) is 4.99 Å². The van der Waals surface area contributed by atoms with Crippen molar-refractivity contribution in [3.8, 4) is 11.5 Å². The van der Waals surface area contributed by atoms with Gasteiger partial charge < -0.3 is 25.4 Å². The number of hydrogen-bond acceptors (Lipinski definition) is 4. The molecule has 2 aromatic carbocycles. The summed E-state index contributed by atoms with van der Waals surface area (Å²) in [6.45, 7) is 6.25. The monoisotopic (exact) mass is 398 g/mol. The van der Waals surface area contributed by atoms with Crippen LogP contribution in [0.2, 0.25) is 0 Å². The first kappa shape index (κ1) is 22.1. The first-order valence-corrected chi connectivity index (χ1v) is 9.66. The zero-order valence-electron chi connectivity index (χ0n) is 17.5. The van der Waals surface area contributed by atoms with E-state index in [1.165, 1.54) is 0 Å². The number of carbonyl (C=O) groups excluding carboxylic acids is 1. The van der Waals surface area contributed by atoms with Gasteiger partial charge in [0.05, 0.1) is 13.7 Å². The molecular weight excluding hydrogens is 368 g/mol. The minimum Gasteiger partial charge on any atom is -0.497 e. The van der Waals surface area contributed by atoms with Gasteiger partial charge in [0, 0.05) is 37.8 Å². The molecular formula is C22H30N4O3. The second kappa shape index (κ2) is 11.6. The lowest BCUT2D eigenvalue weighted by Crippen LogP contribution is -2.41. The number of benzene rings is 2. The number of nitrogens with one attached hydrogen (secondary N) is 3. The molecule has 0 aliphatic heterocycles. The molecule has 2 aromatic rings. The van der Waals surface area contributed by atoms with Crippen LogP contribution in [0.5, 0.6) is 11.5 Å². The number of amides is 1. The predicted molar refractivity (Wildman–Crippen MR) is 116 cm³/mol. The summed E-state index contributed by atoms with van der Waals surface area (Å²) in [4.78, 5) is 16.4. The second-order valence-electron chi connectivity index (χ2n) is 6.38. The van der Waals surface area contributed by atoms with E-state index in [1.54, 1.807) is 38.4 Å². The minimum absolute atomic E-state index is 0.126. The number of carbonyl (C=O) groups is 1. The van der Waals surface area contributed by atoms with Gasteiger partial charge >= 0.3 is 0 Å². The van der Waals surface area contributed by atoms with Crippen molar-refractivity contribution in [2.45, 2.75) is 20.4 Å². The van der Waals surface area contributed by atoms with Crippen molar-refractivity contribution >= 4 is 11.9 Å². The molecule has 0 bridgehead atoms. The third kappa shape index (κ3) is 7.03. The fraction of sp³-hybridized carbons (Fsp3) is 0.364. The molecule has 0 unspecified atom stereocenters. The average molecular weight is 399 g/mol. The quantitative estimate of drug-likeness (QED) is 0.343. The highest BCUT2D eigenvalue weighted by atomic mass is 16.5. The molecule has 7 nitrogen and oxygen atoms in total. The van der Waals surface area contributed by atoms with Crippen molar-refractivity contribution in [2.75, 3.05) is 33.9 Å². The summed E-state index contributed by atoms with van der Waals surface area (Å²) < 4.78 is 10.8. The Bertz CT molecular complexity index is 819. The lowest BCUT2D eigenvalue weighted by molar-refractivity contribution is 0.0954. The van der Waals surface area contributed by atoms with Crippen molar-refractivity contribution < 1.29 is 14.3 Å². The van der Waals surface area contributed by atoms with Gasteiger partial charge in [-0.1, -0.05) is 12.1 Å². The van der Waals surface area contributed by atoms with Crippen LogP contribution in [0, 0.1) is 6.92 Å². The number of nitrogens with zero attached hydrogens (tertiary/aromatic N) is 1. The second-order valence-corrected chi connectivity index (χ2v) is 6.38. The largest absolute Gasteiger partial charge is 0.497 e. The lowest BCUT2D eigenvalue weighted by Gasteiger charge is -2.15. The maximum absolute atomic E-state index is 12.2. The van der Waals surface area contributed by atoms with E-state index < -0.39 is 0 Å². The maximum atomic E-state index is 12.2. The van der Waals surface area contributed by atoms with Crippen molar-refractivity contribution in [3.05, 3.63) is 59.2 Å². The van der Waals surface area contributed by atoms with Crippen molar-refractivity contribution in [1.29, 1.82) is 0 Å². The molecule has 0 aliphatic rings. The Morgan fingerprint density at radius 2 is 1.76 bits per heavy atom. The van der Waals surface area contributed by atoms with Crippen LogP contribution in [-0.2, 0) is 6.54 Å². The van der Waals surface area contributed by atoms with Gasteiger partial charge in [0.25, 0.3) is 5.91 Å². The molecule has 0 atom stereocenters. The summed E-state index contributed by atoms with van der Waals surface area (Å²) in [6.07, 6.45) is 0. The molecule has 156 valence electrons. The molecule has 29 heavy (non-hydrogen) atoms. The molecule has 0 aliphatic carbocycles. The first-order valence-electron chi connectivity index (χ1n) is 9.66. The summed E-state index contributed by atoms with van der Waals surface area (Å²) in [7, 11) is 3.31. The zero-order chi connectivity index (χ0) is 21.1. The molecule has 0 radical (unpaired) electrons. The number of aliphatic imine (C=N–C) groups is 1. The Labute approximate surface area is 172 Å². The Hall–Kier alpha value is -3.22. The first-order chi connectivity index (χ1) is 14.1. The summed E-state index contributed by atoms with van der Waals surface area (Å²) in [5, 5.41) is 9.34. The standard InChI is InChI=1S/C22H30N4O3/c1-5-29-20-14-16(2)6-7-18(20)15-26-22(23-3)25-13-12-24-21(27)17-8-10-19(28-4)11-9-17/h6-11,14H,5,12-13,15H2,1-4H3,(H,24,27)(H2,23,25,26). The fourth-order valence-electron chi connectivity index (χ4n) is 2.70. The molecule has 0 saturated heterocycles.